The lowest BCUT2D eigenvalue weighted by molar-refractivity contribution is 0.0931. The van der Waals surface area contributed by atoms with Gasteiger partial charge in [0.05, 0.1) is 6.54 Å². The van der Waals surface area contributed by atoms with E-state index < -0.39 is 0 Å². The van der Waals surface area contributed by atoms with Crippen LogP contribution in [-0.2, 0) is 0 Å². The molecule has 1 fully saturated rings. The molecule has 2 nitrogen and oxygen atoms in total. The van der Waals surface area contributed by atoms with Gasteiger partial charge < -0.3 is 0 Å². The minimum atomic E-state index is 0.275. The number of ketones is 1. The first-order valence-electron chi connectivity index (χ1n) is 8.02. The minimum Gasteiger partial charge on any atom is -0.296 e. The first-order valence-corrected chi connectivity index (χ1v) is 8.02. The molecule has 1 atom stereocenters. The summed E-state index contributed by atoms with van der Waals surface area (Å²) >= 11 is 0. The van der Waals surface area contributed by atoms with Crippen LogP contribution in [0.4, 0.5) is 0 Å². The van der Waals surface area contributed by atoms with E-state index in [1.54, 1.807) is 0 Å². The lowest BCUT2D eigenvalue weighted by Gasteiger charge is -2.19. The molecule has 1 aromatic carbocycles. The van der Waals surface area contributed by atoms with Gasteiger partial charge in [0.1, 0.15) is 0 Å². The van der Waals surface area contributed by atoms with E-state index in [1.165, 1.54) is 32.1 Å². The Balaban J connectivity index is 1.90. The van der Waals surface area contributed by atoms with Crippen molar-refractivity contribution in [2.24, 2.45) is 5.92 Å². The van der Waals surface area contributed by atoms with Gasteiger partial charge in [-0.1, -0.05) is 44.0 Å². The zero-order valence-corrected chi connectivity index (χ0v) is 12.9. The molecule has 0 aromatic heterocycles. The van der Waals surface area contributed by atoms with Gasteiger partial charge in [-0.25, -0.2) is 0 Å². The SMILES string of the molecule is CCCC1CCCN(CC(=O)c2ccccc2C)CC1. The van der Waals surface area contributed by atoms with Crippen LogP contribution < -0.4 is 0 Å². The largest absolute Gasteiger partial charge is 0.296 e. The van der Waals surface area contributed by atoms with E-state index in [2.05, 4.69) is 11.8 Å². The van der Waals surface area contributed by atoms with E-state index in [4.69, 9.17) is 0 Å². The number of carbonyl (C=O) groups is 1. The highest BCUT2D eigenvalue weighted by atomic mass is 16.1. The van der Waals surface area contributed by atoms with Crippen LogP contribution in [0.15, 0.2) is 24.3 Å². The monoisotopic (exact) mass is 273 g/mol. The first kappa shape index (κ1) is 15.2. The number of carbonyl (C=O) groups excluding carboxylic acids is 1. The van der Waals surface area contributed by atoms with Gasteiger partial charge in [0, 0.05) is 5.56 Å². The molecule has 0 saturated carbocycles. The molecule has 2 heteroatoms. The Labute approximate surface area is 123 Å². The summed E-state index contributed by atoms with van der Waals surface area (Å²) in [5, 5.41) is 0. The highest BCUT2D eigenvalue weighted by molar-refractivity contribution is 5.98. The average Bonchev–Trinajstić information content (AvgIpc) is 2.65. The van der Waals surface area contributed by atoms with E-state index >= 15 is 0 Å². The molecule has 0 radical (unpaired) electrons. The Morgan fingerprint density at radius 2 is 2.05 bits per heavy atom. The van der Waals surface area contributed by atoms with Crippen molar-refractivity contribution in [1.82, 2.24) is 4.90 Å². The second-order valence-corrected chi connectivity index (χ2v) is 6.10. The molecule has 0 amide bonds. The molecule has 2 rings (SSSR count). The quantitative estimate of drug-likeness (QED) is 0.753. The van der Waals surface area contributed by atoms with E-state index in [9.17, 15) is 4.79 Å². The third-order valence-electron chi connectivity index (χ3n) is 4.45. The van der Waals surface area contributed by atoms with Crippen LogP contribution in [0.2, 0.25) is 0 Å². The number of nitrogens with zero attached hydrogens (tertiary/aromatic N) is 1. The molecule has 0 N–H and O–H groups in total. The van der Waals surface area contributed by atoms with Crippen molar-refractivity contribution in [2.75, 3.05) is 19.6 Å². The zero-order valence-electron chi connectivity index (χ0n) is 12.9. The molecule has 1 aliphatic heterocycles. The molecule has 1 unspecified atom stereocenters. The van der Waals surface area contributed by atoms with Crippen LogP contribution in [0.25, 0.3) is 0 Å². The Morgan fingerprint density at radius 3 is 2.80 bits per heavy atom. The zero-order chi connectivity index (χ0) is 14.4. The number of hydrogen-bond acceptors (Lipinski definition) is 2. The number of aryl methyl sites for hydroxylation is 1. The molecule has 1 heterocycles. The summed E-state index contributed by atoms with van der Waals surface area (Å²) in [6.07, 6.45) is 6.47. The fraction of sp³-hybridized carbons (Fsp3) is 0.611. The van der Waals surface area contributed by atoms with E-state index in [-0.39, 0.29) is 5.78 Å². The number of rotatable bonds is 5. The van der Waals surface area contributed by atoms with Gasteiger partial charge in [0.25, 0.3) is 0 Å². The molecule has 0 bridgehead atoms. The Bertz CT molecular complexity index is 441. The maximum absolute atomic E-state index is 12.4. The second-order valence-electron chi connectivity index (χ2n) is 6.10. The van der Waals surface area contributed by atoms with Crippen molar-refractivity contribution in [3.05, 3.63) is 35.4 Å². The molecular weight excluding hydrogens is 246 g/mol. The highest BCUT2D eigenvalue weighted by Crippen LogP contribution is 2.22. The van der Waals surface area contributed by atoms with E-state index in [1.807, 2.05) is 31.2 Å². The van der Waals surface area contributed by atoms with Crippen LogP contribution in [0.1, 0.15) is 54.9 Å². The third kappa shape index (κ3) is 4.17. The number of Topliss-reactive ketones (excluding diaryl/α,β-unsaturated/α-hetero) is 1. The van der Waals surface area contributed by atoms with Crippen LogP contribution in [0, 0.1) is 12.8 Å². The maximum Gasteiger partial charge on any atom is 0.177 e. The summed E-state index contributed by atoms with van der Waals surface area (Å²) in [6, 6.07) is 7.93. The Morgan fingerprint density at radius 1 is 1.25 bits per heavy atom. The molecule has 0 aliphatic carbocycles. The topological polar surface area (TPSA) is 20.3 Å². The fourth-order valence-corrected chi connectivity index (χ4v) is 3.25. The van der Waals surface area contributed by atoms with Crippen molar-refractivity contribution in [3.8, 4) is 0 Å². The predicted molar refractivity (Wildman–Crippen MR) is 84.2 cm³/mol. The van der Waals surface area contributed by atoms with Crippen molar-refractivity contribution in [1.29, 1.82) is 0 Å². The number of benzene rings is 1. The summed E-state index contributed by atoms with van der Waals surface area (Å²) in [6.45, 7) is 7.04. The van der Waals surface area contributed by atoms with Crippen molar-refractivity contribution < 1.29 is 4.79 Å². The maximum atomic E-state index is 12.4. The summed E-state index contributed by atoms with van der Waals surface area (Å²) < 4.78 is 0. The first-order chi connectivity index (χ1) is 9.70. The van der Waals surface area contributed by atoms with Gasteiger partial charge in [-0.3, -0.25) is 9.69 Å². The van der Waals surface area contributed by atoms with Crippen molar-refractivity contribution in [3.63, 3.8) is 0 Å². The Hall–Kier alpha value is -1.15. The summed E-state index contributed by atoms with van der Waals surface area (Å²) in [4.78, 5) is 14.8. The van der Waals surface area contributed by atoms with Crippen molar-refractivity contribution >= 4 is 5.78 Å². The molecule has 20 heavy (non-hydrogen) atoms. The standard InChI is InChI=1S/C18H27NO/c1-3-7-16-9-6-12-19(13-11-16)14-18(20)17-10-5-4-8-15(17)2/h4-5,8,10,16H,3,6-7,9,11-14H2,1-2H3. The molecule has 0 spiro atoms. The smallest absolute Gasteiger partial charge is 0.177 e. The van der Waals surface area contributed by atoms with Gasteiger partial charge in [-0.15, -0.1) is 0 Å². The predicted octanol–water partition coefficient (Wildman–Crippen LogP) is 4.08. The number of hydrogen-bond donors (Lipinski definition) is 0. The van der Waals surface area contributed by atoms with Crippen LogP contribution in [0.3, 0.4) is 0 Å². The second kappa shape index (κ2) is 7.58. The average molecular weight is 273 g/mol. The summed E-state index contributed by atoms with van der Waals surface area (Å²) in [7, 11) is 0. The molecule has 1 saturated heterocycles. The lowest BCUT2D eigenvalue weighted by atomic mass is 9.96. The fourth-order valence-electron chi connectivity index (χ4n) is 3.25. The molecule has 110 valence electrons. The molecule has 1 aromatic rings. The molecular formula is C18H27NO. The summed E-state index contributed by atoms with van der Waals surface area (Å²) in [5.74, 6) is 1.15. The third-order valence-corrected chi connectivity index (χ3v) is 4.45. The van der Waals surface area contributed by atoms with Crippen LogP contribution in [-0.4, -0.2) is 30.3 Å². The van der Waals surface area contributed by atoms with Gasteiger partial charge >= 0.3 is 0 Å². The van der Waals surface area contributed by atoms with Gasteiger partial charge in [-0.2, -0.15) is 0 Å². The Kier molecular flexibility index (Phi) is 5.78. The van der Waals surface area contributed by atoms with E-state index in [0.717, 1.165) is 30.1 Å². The van der Waals surface area contributed by atoms with Crippen LogP contribution in [0.5, 0.6) is 0 Å². The van der Waals surface area contributed by atoms with E-state index in [0.29, 0.717) is 6.54 Å². The normalized spacial score (nSPS) is 20.6. The number of likely N-dealkylation sites (tertiary alicyclic amines) is 1. The highest BCUT2D eigenvalue weighted by Gasteiger charge is 2.19. The van der Waals surface area contributed by atoms with Crippen molar-refractivity contribution in [2.45, 2.75) is 46.0 Å². The molecule has 1 aliphatic rings. The lowest BCUT2D eigenvalue weighted by Crippen LogP contribution is -2.31. The van der Waals surface area contributed by atoms with Gasteiger partial charge in [-0.05, 0) is 50.8 Å². The van der Waals surface area contributed by atoms with Crippen LogP contribution >= 0.6 is 0 Å². The minimum absolute atomic E-state index is 0.275. The summed E-state index contributed by atoms with van der Waals surface area (Å²) in [5.41, 5.74) is 1.98. The van der Waals surface area contributed by atoms with Gasteiger partial charge in [0.2, 0.25) is 0 Å². The van der Waals surface area contributed by atoms with Gasteiger partial charge in [0.15, 0.2) is 5.78 Å².